The Morgan fingerprint density at radius 2 is 1.79 bits per heavy atom. The molecule has 0 radical (unpaired) electrons. The van der Waals surface area contributed by atoms with Crippen molar-refractivity contribution in [2.24, 2.45) is 0 Å². The summed E-state index contributed by atoms with van der Waals surface area (Å²) in [5.74, 6) is 0. The van der Waals surface area contributed by atoms with E-state index in [-0.39, 0.29) is 0 Å². The van der Waals surface area contributed by atoms with Crippen LogP contribution in [0.3, 0.4) is 0 Å². The lowest BCUT2D eigenvalue weighted by molar-refractivity contribution is 1.29. The van der Waals surface area contributed by atoms with E-state index in [0.717, 1.165) is 16.8 Å². The lowest BCUT2D eigenvalue weighted by Crippen LogP contribution is -1.87. The number of benzene rings is 2. The molecule has 0 bridgehead atoms. The zero-order chi connectivity index (χ0) is 13.4. The quantitative estimate of drug-likeness (QED) is 0.554. The molecular formula is C17H14ClN. The van der Waals surface area contributed by atoms with Crippen LogP contribution >= 0.6 is 11.6 Å². The molecule has 2 aromatic carbocycles. The first kappa shape index (κ1) is 12.2. The molecule has 0 unspecified atom stereocenters. The molecule has 0 aliphatic carbocycles. The van der Waals surface area contributed by atoms with E-state index in [1.165, 1.54) is 16.3 Å². The van der Waals surface area contributed by atoms with Crippen molar-refractivity contribution in [2.75, 3.05) is 0 Å². The summed E-state index contributed by atoms with van der Waals surface area (Å²) in [6, 6.07) is 16.7. The van der Waals surface area contributed by atoms with Gasteiger partial charge in [-0.2, -0.15) is 0 Å². The second-order valence-corrected chi connectivity index (χ2v) is 5.25. The van der Waals surface area contributed by atoms with E-state index >= 15 is 0 Å². The molecule has 3 rings (SSSR count). The number of fused-ring (bicyclic) bond motifs is 1. The highest BCUT2D eigenvalue weighted by molar-refractivity contribution is 6.29. The summed E-state index contributed by atoms with van der Waals surface area (Å²) in [7, 11) is 0. The summed E-state index contributed by atoms with van der Waals surface area (Å²) in [5, 5.41) is 3.06. The fourth-order valence-corrected chi connectivity index (χ4v) is 2.62. The van der Waals surface area contributed by atoms with Crippen LogP contribution in [0.4, 0.5) is 0 Å². The van der Waals surface area contributed by atoms with E-state index in [1.807, 2.05) is 13.0 Å². The minimum atomic E-state index is 0.542. The van der Waals surface area contributed by atoms with Gasteiger partial charge in [-0.15, -0.1) is 0 Å². The van der Waals surface area contributed by atoms with Crippen molar-refractivity contribution in [1.29, 1.82) is 0 Å². The van der Waals surface area contributed by atoms with Crippen molar-refractivity contribution in [2.45, 2.75) is 13.8 Å². The Kier molecular flexibility index (Phi) is 3.00. The summed E-state index contributed by atoms with van der Waals surface area (Å²) in [4.78, 5) is 4.41. The van der Waals surface area contributed by atoms with Crippen LogP contribution in [-0.4, -0.2) is 4.98 Å². The number of pyridine rings is 1. The highest BCUT2D eigenvalue weighted by Crippen LogP contribution is 2.26. The van der Waals surface area contributed by atoms with Crippen molar-refractivity contribution >= 4 is 22.4 Å². The van der Waals surface area contributed by atoms with Gasteiger partial charge in [-0.3, -0.25) is 0 Å². The molecule has 1 nitrogen and oxygen atoms in total. The lowest BCUT2D eigenvalue weighted by Gasteiger charge is -2.07. The van der Waals surface area contributed by atoms with Gasteiger partial charge >= 0.3 is 0 Å². The van der Waals surface area contributed by atoms with Crippen molar-refractivity contribution in [1.82, 2.24) is 4.98 Å². The maximum absolute atomic E-state index is 6.04. The third-order valence-electron chi connectivity index (χ3n) is 3.33. The van der Waals surface area contributed by atoms with E-state index in [0.29, 0.717) is 5.15 Å². The Labute approximate surface area is 117 Å². The third kappa shape index (κ3) is 2.34. The number of halogens is 1. The smallest absolute Gasteiger partial charge is 0.130 e. The van der Waals surface area contributed by atoms with Gasteiger partial charge in [-0.05, 0) is 53.9 Å². The topological polar surface area (TPSA) is 12.9 Å². The van der Waals surface area contributed by atoms with Crippen molar-refractivity contribution < 1.29 is 0 Å². The van der Waals surface area contributed by atoms with E-state index in [9.17, 15) is 0 Å². The molecule has 94 valence electrons. The number of hydrogen-bond acceptors (Lipinski definition) is 1. The zero-order valence-electron chi connectivity index (χ0n) is 10.9. The molecule has 0 aliphatic heterocycles. The second-order valence-electron chi connectivity index (χ2n) is 4.86. The SMILES string of the molecule is Cc1cc(Cl)nc(-c2ccc3cccc(C)c3c2)c1. The zero-order valence-corrected chi connectivity index (χ0v) is 11.7. The first-order valence-electron chi connectivity index (χ1n) is 6.27. The summed E-state index contributed by atoms with van der Waals surface area (Å²) in [6.45, 7) is 4.16. The highest BCUT2D eigenvalue weighted by Gasteiger charge is 2.04. The number of hydrogen-bond donors (Lipinski definition) is 0. The lowest BCUT2D eigenvalue weighted by atomic mass is 10.0. The molecular weight excluding hydrogens is 254 g/mol. The van der Waals surface area contributed by atoms with E-state index < -0.39 is 0 Å². The van der Waals surface area contributed by atoms with Crippen LogP contribution in [0.15, 0.2) is 48.5 Å². The molecule has 0 saturated heterocycles. The normalized spacial score (nSPS) is 10.9. The molecule has 3 aromatic rings. The first-order chi connectivity index (χ1) is 9.13. The highest BCUT2D eigenvalue weighted by atomic mass is 35.5. The Morgan fingerprint density at radius 1 is 0.947 bits per heavy atom. The maximum atomic E-state index is 6.04. The monoisotopic (exact) mass is 267 g/mol. The van der Waals surface area contributed by atoms with Gasteiger partial charge in [0.05, 0.1) is 5.69 Å². The number of aryl methyl sites for hydroxylation is 2. The van der Waals surface area contributed by atoms with Crippen LogP contribution in [0.1, 0.15) is 11.1 Å². The molecule has 1 heterocycles. The standard InChI is InChI=1S/C17H14ClN/c1-11-8-16(19-17(18)9-11)14-7-6-13-5-3-4-12(2)15(13)10-14/h3-10H,1-2H3. The predicted molar refractivity (Wildman–Crippen MR) is 81.7 cm³/mol. The molecule has 0 fully saturated rings. The fraction of sp³-hybridized carbons (Fsp3) is 0.118. The van der Waals surface area contributed by atoms with Crippen LogP contribution in [0.25, 0.3) is 22.0 Å². The van der Waals surface area contributed by atoms with Crippen LogP contribution in [0.2, 0.25) is 5.15 Å². The minimum Gasteiger partial charge on any atom is -0.236 e. The Bertz CT molecular complexity index is 742. The summed E-state index contributed by atoms with van der Waals surface area (Å²) >= 11 is 6.04. The molecule has 1 aromatic heterocycles. The van der Waals surface area contributed by atoms with E-state index in [4.69, 9.17) is 11.6 Å². The second kappa shape index (κ2) is 4.67. The van der Waals surface area contributed by atoms with Crippen LogP contribution < -0.4 is 0 Å². The molecule has 0 aliphatic rings. The van der Waals surface area contributed by atoms with Gasteiger partial charge in [0.1, 0.15) is 5.15 Å². The predicted octanol–water partition coefficient (Wildman–Crippen LogP) is 5.17. The number of rotatable bonds is 1. The number of nitrogens with zero attached hydrogens (tertiary/aromatic N) is 1. The Hall–Kier alpha value is -1.86. The average Bonchev–Trinajstić information content (AvgIpc) is 2.38. The van der Waals surface area contributed by atoms with Crippen LogP contribution in [-0.2, 0) is 0 Å². The van der Waals surface area contributed by atoms with Crippen molar-refractivity contribution in [3.63, 3.8) is 0 Å². The summed E-state index contributed by atoms with van der Waals surface area (Å²) < 4.78 is 0. The minimum absolute atomic E-state index is 0.542. The van der Waals surface area contributed by atoms with Gasteiger partial charge in [0.2, 0.25) is 0 Å². The maximum Gasteiger partial charge on any atom is 0.130 e. The molecule has 0 atom stereocenters. The summed E-state index contributed by atoms with van der Waals surface area (Å²) in [5.41, 5.74) is 4.43. The van der Waals surface area contributed by atoms with Crippen molar-refractivity contribution in [3.8, 4) is 11.3 Å². The van der Waals surface area contributed by atoms with Gasteiger partial charge in [0.15, 0.2) is 0 Å². The van der Waals surface area contributed by atoms with Crippen molar-refractivity contribution in [3.05, 3.63) is 64.8 Å². The van der Waals surface area contributed by atoms with Gasteiger partial charge in [-0.1, -0.05) is 41.9 Å². The summed E-state index contributed by atoms with van der Waals surface area (Å²) in [6.07, 6.45) is 0. The van der Waals surface area contributed by atoms with E-state index in [2.05, 4.69) is 54.4 Å². The van der Waals surface area contributed by atoms with Crippen LogP contribution in [0.5, 0.6) is 0 Å². The average molecular weight is 268 g/mol. The van der Waals surface area contributed by atoms with Crippen LogP contribution in [0, 0.1) is 13.8 Å². The molecule has 2 heteroatoms. The first-order valence-corrected chi connectivity index (χ1v) is 6.65. The van der Waals surface area contributed by atoms with Gasteiger partial charge in [0, 0.05) is 5.56 Å². The van der Waals surface area contributed by atoms with Gasteiger partial charge in [0.25, 0.3) is 0 Å². The third-order valence-corrected chi connectivity index (χ3v) is 3.53. The Balaban J connectivity index is 2.22. The molecule has 0 N–H and O–H groups in total. The Morgan fingerprint density at radius 3 is 2.58 bits per heavy atom. The van der Waals surface area contributed by atoms with Gasteiger partial charge in [-0.25, -0.2) is 4.98 Å². The van der Waals surface area contributed by atoms with E-state index in [1.54, 1.807) is 0 Å². The molecule has 0 amide bonds. The fourth-order valence-electron chi connectivity index (χ4n) is 2.36. The largest absolute Gasteiger partial charge is 0.236 e. The molecule has 0 spiro atoms. The number of aromatic nitrogens is 1. The molecule has 19 heavy (non-hydrogen) atoms. The van der Waals surface area contributed by atoms with Gasteiger partial charge < -0.3 is 0 Å². The molecule has 0 saturated carbocycles.